The molecule has 0 radical (unpaired) electrons. The van der Waals surface area contributed by atoms with Gasteiger partial charge < -0.3 is 15.5 Å². The Morgan fingerprint density at radius 2 is 2.17 bits per heavy atom. The van der Waals surface area contributed by atoms with Crippen molar-refractivity contribution in [1.82, 2.24) is 9.88 Å². The molecule has 0 saturated carbocycles. The molecule has 1 aliphatic heterocycles. The molecule has 23 heavy (non-hydrogen) atoms. The van der Waals surface area contributed by atoms with Crippen LogP contribution in [0.2, 0.25) is 0 Å². The molecule has 1 aromatic rings. The van der Waals surface area contributed by atoms with Crippen molar-refractivity contribution >= 4 is 11.7 Å². The van der Waals surface area contributed by atoms with Gasteiger partial charge in [0.1, 0.15) is 5.82 Å². The molecule has 128 valence electrons. The van der Waals surface area contributed by atoms with Gasteiger partial charge in [-0.3, -0.25) is 4.79 Å². The zero-order valence-electron chi connectivity index (χ0n) is 15.0. The lowest BCUT2D eigenvalue weighted by Crippen LogP contribution is -2.54. The third kappa shape index (κ3) is 3.83. The number of aromatic nitrogens is 1. The first-order valence-corrected chi connectivity index (χ1v) is 8.54. The molecule has 5 nitrogen and oxygen atoms in total. The highest BCUT2D eigenvalue weighted by Crippen LogP contribution is 2.28. The number of nitrogens with two attached hydrogens (primary N) is 1. The van der Waals surface area contributed by atoms with E-state index in [0.29, 0.717) is 18.2 Å². The molecule has 1 saturated heterocycles. The Balaban J connectivity index is 2.12. The molecular weight excluding hydrogens is 288 g/mol. The first-order chi connectivity index (χ1) is 10.8. The van der Waals surface area contributed by atoms with E-state index < -0.39 is 0 Å². The van der Waals surface area contributed by atoms with Gasteiger partial charge in [-0.25, -0.2) is 4.98 Å². The molecule has 0 aromatic carbocycles. The minimum Gasteiger partial charge on any atom is -0.354 e. The smallest absolute Gasteiger partial charge is 0.255 e. The van der Waals surface area contributed by atoms with Gasteiger partial charge in [-0.05, 0) is 44.7 Å². The van der Waals surface area contributed by atoms with Gasteiger partial charge in [-0.1, -0.05) is 13.8 Å². The van der Waals surface area contributed by atoms with Crippen LogP contribution in [0.15, 0.2) is 18.3 Å². The van der Waals surface area contributed by atoms with Gasteiger partial charge in [0.25, 0.3) is 5.91 Å². The molecule has 2 heterocycles. The maximum Gasteiger partial charge on any atom is 0.255 e. The third-order valence-corrected chi connectivity index (χ3v) is 4.85. The van der Waals surface area contributed by atoms with Crippen molar-refractivity contribution < 1.29 is 4.79 Å². The van der Waals surface area contributed by atoms with Crippen LogP contribution in [0.1, 0.15) is 51.4 Å². The van der Waals surface area contributed by atoms with E-state index in [4.69, 9.17) is 5.73 Å². The summed E-state index contributed by atoms with van der Waals surface area (Å²) in [7, 11) is 0. The second-order valence-corrected chi connectivity index (χ2v) is 7.40. The molecule has 1 atom stereocenters. The molecule has 1 aliphatic rings. The number of anilines is 1. The molecular formula is C18H30N4O. The van der Waals surface area contributed by atoms with Crippen LogP contribution < -0.4 is 10.6 Å². The number of nitrogens with zero attached hydrogens (tertiary/aromatic N) is 3. The van der Waals surface area contributed by atoms with Crippen LogP contribution >= 0.6 is 0 Å². The largest absolute Gasteiger partial charge is 0.354 e. The lowest BCUT2D eigenvalue weighted by atomic mass is 9.79. The average molecular weight is 318 g/mol. The van der Waals surface area contributed by atoms with Crippen molar-refractivity contribution in [3.63, 3.8) is 0 Å². The molecule has 1 amide bonds. The van der Waals surface area contributed by atoms with E-state index in [-0.39, 0.29) is 17.4 Å². The lowest BCUT2D eigenvalue weighted by Gasteiger charge is -2.42. The molecule has 2 N–H and O–H groups in total. The van der Waals surface area contributed by atoms with Crippen molar-refractivity contribution in [2.75, 3.05) is 24.5 Å². The number of pyridine rings is 1. The quantitative estimate of drug-likeness (QED) is 0.926. The molecule has 0 aliphatic carbocycles. The van der Waals surface area contributed by atoms with Crippen LogP contribution in [-0.2, 0) is 0 Å². The van der Waals surface area contributed by atoms with Crippen molar-refractivity contribution in [3.05, 3.63) is 23.9 Å². The second-order valence-electron chi connectivity index (χ2n) is 7.40. The van der Waals surface area contributed by atoms with Gasteiger partial charge in [0, 0.05) is 37.9 Å². The van der Waals surface area contributed by atoms with Crippen LogP contribution in [0.3, 0.4) is 0 Å². The molecule has 1 aromatic heterocycles. The van der Waals surface area contributed by atoms with E-state index in [2.05, 4.69) is 44.5 Å². The molecule has 1 fully saturated rings. The Hall–Kier alpha value is -1.62. The second kappa shape index (κ2) is 6.87. The zero-order chi connectivity index (χ0) is 17.2. The minimum absolute atomic E-state index is 0.0437. The lowest BCUT2D eigenvalue weighted by molar-refractivity contribution is 0.0532. The Morgan fingerprint density at radius 1 is 1.48 bits per heavy atom. The van der Waals surface area contributed by atoms with Crippen molar-refractivity contribution in [2.24, 2.45) is 11.1 Å². The molecule has 0 bridgehead atoms. The fraction of sp³-hybridized carbons (Fsp3) is 0.667. The van der Waals surface area contributed by atoms with Gasteiger partial charge in [-0.2, -0.15) is 0 Å². The number of hydrogen-bond donors (Lipinski definition) is 1. The van der Waals surface area contributed by atoms with E-state index >= 15 is 0 Å². The Morgan fingerprint density at radius 3 is 2.65 bits per heavy atom. The zero-order valence-corrected chi connectivity index (χ0v) is 15.0. The summed E-state index contributed by atoms with van der Waals surface area (Å²) >= 11 is 0. The monoisotopic (exact) mass is 318 g/mol. The van der Waals surface area contributed by atoms with Crippen molar-refractivity contribution in [2.45, 2.75) is 53.1 Å². The van der Waals surface area contributed by atoms with E-state index in [1.165, 1.54) is 0 Å². The average Bonchev–Trinajstić information content (AvgIpc) is 2.50. The summed E-state index contributed by atoms with van der Waals surface area (Å²) in [5, 5.41) is 0. The molecule has 0 spiro atoms. The van der Waals surface area contributed by atoms with Gasteiger partial charge in [0.2, 0.25) is 0 Å². The Labute approximate surface area is 139 Å². The first kappa shape index (κ1) is 17.7. The summed E-state index contributed by atoms with van der Waals surface area (Å²) in [6.45, 7) is 13.0. The topological polar surface area (TPSA) is 62.5 Å². The van der Waals surface area contributed by atoms with Crippen molar-refractivity contribution in [1.29, 1.82) is 0 Å². The summed E-state index contributed by atoms with van der Waals surface area (Å²) in [5.41, 5.74) is 6.76. The predicted octanol–water partition coefficient (Wildman–Crippen LogP) is 2.52. The number of piperidine rings is 1. The van der Waals surface area contributed by atoms with Gasteiger partial charge in [0.05, 0.1) is 5.56 Å². The van der Waals surface area contributed by atoms with Crippen LogP contribution in [0, 0.1) is 5.41 Å². The Kier molecular flexibility index (Phi) is 5.30. The van der Waals surface area contributed by atoms with E-state index in [1.807, 2.05) is 17.0 Å². The Bertz CT molecular complexity index is 538. The summed E-state index contributed by atoms with van der Waals surface area (Å²) in [4.78, 5) is 21.3. The molecule has 2 rings (SSSR count). The number of rotatable bonds is 4. The highest BCUT2D eigenvalue weighted by atomic mass is 16.2. The van der Waals surface area contributed by atoms with Crippen LogP contribution in [-0.4, -0.2) is 47.5 Å². The number of carbonyl (C=O) groups is 1. The van der Waals surface area contributed by atoms with Crippen molar-refractivity contribution in [3.8, 4) is 0 Å². The fourth-order valence-corrected chi connectivity index (χ4v) is 3.20. The highest BCUT2D eigenvalue weighted by molar-refractivity contribution is 5.94. The van der Waals surface area contributed by atoms with E-state index in [0.717, 1.165) is 25.3 Å². The van der Waals surface area contributed by atoms with Crippen LogP contribution in [0.4, 0.5) is 5.82 Å². The summed E-state index contributed by atoms with van der Waals surface area (Å²) in [6.07, 6.45) is 2.55. The normalized spacial score (nSPS) is 20.7. The van der Waals surface area contributed by atoms with Gasteiger partial charge in [0.15, 0.2) is 0 Å². The van der Waals surface area contributed by atoms with E-state index in [9.17, 15) is 4.79 Å². The first-order valence-electron chi connectivity index (χ1n) is 8.54. The molecule has 5 heteroatoms. The fourth-order valence-electron chi connectivity index (χ4n) is 3.20. The van der Waals surface area contributed by atoms with Crippen LogP contribution in [0.5, 0.6) is 0 Å². The standard InChI is InChI=1S/C18H30N4O/c1-6-22(13(2)3)16-8-7-14(11-20-16)17(23)21-10-9-15(19)18(4,5)12-21/h7-8,11,13,15H,6,9-10,12,19H2,1-5H3. The third-order valence-electron chi connectivity index (χ3n) is 4.85. The minimum atomic E-state index is -0.0437. The van der Waals surface area contributed by atoms with Gasteiger partial charge in [-0.15, -0.1) is 0 Å². The number of likely N-dealkylation sites (tertiary alicyclic amines) is 1. The SMILES string of the molecule is CCN(c1ccc(C(=O)N2CCC(N)C(C)(C)C2)cn1)C(C)C. The summed E-state index contributed by atoms with van der Waals surface area (Å²) in [5.74, 6) is 0.969. The highest BCUT2D eigenvalue weighted by Gasteiger charge is 2.35. The summed E-state index contributed by atoms with van der Waals surface area (Å²) in [6, 6.07) is 4.36. The number of hydrogen-bond acceptors (Lipinski definition) is 4. The molecule has 1 unspecified atom stereocenters. The number of amides is 1. The maximum atomic E-state index is 12.7. The van der Waals surface area contributed by atoms with E-state index in [1.54, 1.807) is 6.20 Å². The number of carbonyl (C=O) groups excluding carboxylic acids is 1. The summed E-state index contributed by atoms with van der Waals surface area (Å²) < 4.78 is 0. The van der Waals surface area contributed by atoms with Crippen LogP contribution in [0.25, 0.3) is 0 Å². The predicted molar refractivity (Wildman–Crippen MR) is 94.7 cm³/mol. The van der Waals surface area contributed by atoms with Gasteiger partial charge >= 0.3 is 0 Å². The maximum absolute atomic E-state index is 12.7.